The SMILES string of the molecule is CCCOc1cccc(C(=O)N[C@H](C)c2ccncc2)c1. The van der Waals surface area contributed by atoms with Gasteiger partial charge >= 0.3 is 0 Å². The van der Waals surface area contributed by atoms with Crippen LogP contribution in [0.1, 0.15) is 42.2 Å². The van der Waals surface area contributed by atoms with E-state index in [0.29, 0.717) is 12.2 Å². The Morgan fingerprint density at radius 3 is 2.76 bits per heavy atom. The summed E-state index contributed by atoms with van der Waals surface area (Å²) in [6.45, 7) is 4.65. The maximum Gasteiger partial charge on any atom is 0.251 e. The van der Waals surface area contributed by atoms with Gasteiger partial charge < -0.3 is 10.1 Å². The van der Waals surface area contributed by atoms with Crippen LogP contribution < -0.4 is 10.1 Å². The summed E-state index contributed by atoms with van der Waals surface area (Å²) < 4.78 is 5.55. The minimum absolute atomic E-state index is 0.0688. The highest BCUT2D eigenvalue weighted by Gasteiger charge is 2.11. The fourth-order valence-corrected chi connectivity index (χ4v) is 1.96. The summed E-state index contributed by atoms with van der Waals surface area (Å²) in [6, 6.07) is 11.0. The van der Waals surface area contributed by atoms with E-state index in [1.807, 2.05) is 38.1 Å². The zero-order valence-corrected chi connectivity index (χ0v) is 12.4. The van der Waals surface area contributed by atoms with Gasteiger partial charge in [0.2, 0.25) is 0 Å². The van der Waals surface area contributed by atoms with Gasteiger partial charge in [-0.25, -0.2) is 0 Å². The fraction of sp³-hybridized carbons (Fsp3) is 0.294. The van der Waals surface area contributed by atoms with Crippen molar-refractivity contribution in [3.63, 3.8) is 0 Å². The van der Waals surface area contributed by atoms with Crippen molar-refractivity contribution in [3.05, 3.63) is 59.9 Å². The fourth-order valence-electron chi connectivity index (χ4n) is 1.96. The number of carbonyl (C=O) groups is 1. The van der Waals surface area contributed by atoms with Gasteiger partial charge in [-0.05, 0) is 49.2 Å². The van der Waals surface area contributed by atoms with Gasteiger partial charge in [-0.15, -0.1) is 0 Å². The molecule has 2 rings (SSSR count). The first kappa shape index (κ1) is 15.0. The molecule has 0 aliphatic rings. The maximum atomic E-state index is 12.3. The van der Waals surface area contributed by atoms with Gasteiger partial charge in [-0.1, -0.05) is 13.0 Å². The third-order valence-electron chi connectivity index (χ3n) is 3.12. The Morgan fingerprint density at radius 2 is 2.05 bits per heavy atom. The van der Waals surface area contributed by atoms with Crippen LogP contribution in [0.5, 0.6) is 5.75 Å². The Morgan fingerprint density at radius 1 is 1.29 bits per heavy atom. The van der Waals surface area contributed by atoms with Gasteiger partial charge in [0.15, 0.2) is 0 Å². The molecule has 1 N–H and O–H groups in total. The Kier molecular flexibility index (Phi) is 5.32. The lowest BCUT2D eigenvalue weighted by atomic mass is 10.1. The molecule has 1 atom stereocenters. The molecular weight excluding hydrogens is 264 g/mol. The van der Waals surface area contributed by atoms with Crippen LogP contribution in [0.15, 0.2) is 48.8 Å². The lowest BCUT2D eigenvalue weighted by Gasteiger charge is -2.14. The van der Waals surface area contributed by atoms with Crippen LogP contribution in [0.2, 0.25) is 0 Å². The molecule has 0 bridgehead atoms. The van der Waals surface area contributed by atoms with Gasteiger partial charge in [-0.2, -0.15) is 0 Å². The Labute approximate surface area is 125 Å². The second-order valence-electron chi connectivity index (χ2n) is 4.85. The van der Waals surface area contributed by atoms with Crippen LogP contribution in [0.4, 0.5) is 0 Å². The predicted octanol–water partition coefficient (Wildman–Crippen LogP) is 3.36. The van der Waals surface area contributed by atoms with Crippen molar-refractivity contribution in [1.82, 2.24) is 10.3 Å². The minimum atomic E-state index is -0.110. The molecule has 4 heteroatoms. The average molecular weight is 284 g/mol. The molecule has 0 fully saturated rings. The lowest BCUT2D eigenvalue weighted by Crippen LogP contribution is -2.26. The molecule has 1 aromatic carbocycles. The van der Waals surface area contributed by atoms with Crippen LogP contribution in [0.25, 0.3) is 0 Å². The van der Waals surface area contributed by atoms with Crippen LogP contribution in [0, 0.1) is 0 Å². The Hall–Kier alpha value is -2.36. The van der Waals surface area contributed by atoms with Crippen molar-refractivity contribution < 1.29 is 9.53 Å². The third-order valence-corrected chi connectivity index (χ3v) is 3.12. The summed E-state index contributed by atoms with van der Waals surface area (Å²) >= 11 is 0. The normalized spacial score (nSPS) is 11.7. The summed E-state index contributed by atoms with van der Waals surface area (Å²) in [7, 11) is 0. The molecule has 0 saturated carbocycles. The average Bonchev–Trinajstić information content (AvgIpc) is 2.54. The first-order valence-electron chi connectivity index (χ1n) is 7.14. The number of hydrogen-bond donors (Lipinski definition) is 1. The van der Waals surface area contributed by atoms with Gasteiger partial charge in [0.05, 0.1) is 12.6 Å². The van der Waals surface area contributed by atoms with Crippen LogP contribution in [-0.4, -0.2) is 17.5 Å². The van der Waals surface area contributed by atoms with Gasteiger partial charge in [0.1, 0.15) is 5.75 Å². The monoisotopic (exact) mass is 284 g/mol. The first-order valence-corrected chi connectivity index (χ1v) is 7.14. The predicted molar refractivity (Wildman–Crippen MR) is 82.3 cm³/mol. The molecule has 0 aliphatic carbocycles. The molecular formula is C17H20N2O2. The van der Waals surface area contributed by atoms with E-state index in [0.717, 1.165) is 17.7 Å². The Balaban J connectivity index is 2.03. The summed E-state index contributed by atoms with van der Waals surface area (Å²) in [4.78, 5) is 16.2. The van der Waals surface area contributed by atoms with Crippen molar-refractivity contribution >= 4 is 5.91 Å². The molecule has 0 aliphatic heterocycles. The summed E-state index contributed by atoms with van der Waals surface area (Å²) in [5.41, 5.74) is 1.63. The Bertz CT molecular complexity index is 584. The van der Waals surface area contributed by atoms with Crippen molar-refractivity contribution in [2.24, 2.45) is 0 Å². The van der Waals surface area contributed by atoms with Crippen molar-refractivity contribution in [2.45, 2.75) is 26.3 Å². The van der Waals surface area contributed by atoms with E-state index in [-0.39, 0.29) is 11.9 Å². The first-order chi connectivity index (χ1) is 10.2. The second-order valence-corrected chi connectivity index (χ2v) is 4.85. The summed E-state index contributed by atoms with van der Waals surface area (Å²) in [5, 5.41) is 2.97. The molecule has 1 amide bonds. The van der Waals surface area contributed by atoms with E-state index in [1.165, 1.54) is 0 Å². The van der Waals surface area contributed by atoms with E-state index in [1.54, 1.807) is 24.5 Å². The minimum Gasteiger partial charge on any atom is -0.494 e. The number of ether oxygens (including phenoxy) is 1. The van der Waals surface area contributed by atoms with E-state index in [4.69, 9.17) is 4.74 Å². The smallest absolute Gasteiger partial charge is 0.251 e. The molecule has 1 aromatic heterocycles. The summed E-state index contributed by atoms with van der Waals surface area (Å²) in [6.07, 6.45) is 4.38. The van der Waals surface area contributed by atoms with Crippen LogP contribution in [-0.2, 0) is 0 Å². The molecule has 0 radical (unpaired) electrons. The number of pyridine rings is 1. The zero-order valence-electron chi connectivity index (χ0n) is 12.4. The van der Waals surface area contributed by atoms with Crippen LogP contribution in [0.3, 0.4) is 0 Å². The molecule has 110 valence electrons. The number of carbonyl (C=O) groups excluding carboxylic acids is 1. The molecule has 4 nitrogen and oxygen atoms in total. The molecule has 1 heterocycles. The van der Waals surface area contributed by atoms with Gasteiger partial charge in [0, 0.05) is 18.0 Å². The topological polar surface area (TPSA) is 51.2 Å². The highest BCUT2D eigenvalue weighted by Crippen LogP contribution is 2.16. The number of amides is 1. The van der Waals surface area contributed by atoms with Gasteiger partial charge in [-0.3, -0.25) is 9.78 Å². The highest BCUT2D eigenvalue weighted by molar-refractivity contribution is 5.94. The number of rotatable bonds is 6. The van der Waals surface area contributed by atoms with Crippen molar-refractivity contribution in [1.29, 1.82) is 0 Å². The van der Waals surface area contributed by atoms with E-state index >= 15 is 0 Å². The largest absolute Gasteiger partial charge is 0.494 e. The maximum absolute atomic E-state index is 12.3. The molecule has 2 aromatic rings. The number of benzene rings is 1. The zero-order chi connectivity index (χ0) is 15.1. The number of aromatic nitrogens is 1. The quantitative estimate of drug-likeness (QED) is 0.885. The molecule has 0 unspecified atom stereocenters. The molecule has 21 heavy (non-hydrogen) atoms. The van der Waals surface area contributed by atoms with Crippen molar-refractivity contribution in [3.8, 4) is 5.75 Å². The highest BCUT2D eigenvalue weighted by atomic mass is 16.5. The number of hydrogen-bond acceptors (Lipinski definition) is 3. The van der Waals surface area contributed by atoms with Crippen LogP contribution >= 0.6 is 0 Å². The standard InChI is InChI=1S/C17H20N2O2/c1-3-11-21-16-6-4-5-15(12-16)17(20)19-13(2)14-7-9-18-10-8-14/h4-10,12-13H,3,11H2,1-2H3,(H,19,20)/t13-/m1/s1. The van der Waals surface area contributed by atoms with Crippen molar-refractivity contribution in [2.75, 3.05) is 6.61 Å². The van der Waals surface area contributed by atoms with E-state index < -0.39 is 0 Å². The lowest BCUT2D eigenvalue weighted by molar-refractivity contribution is 0.0939. The van der Waals surface area contributed by atoms with E-state index in [2.05, 4.69) is 10.3 Å². The van der Waals surface area contributed by atoms with E-state index in [9.17, 15) is 4.79 Å². The van der Waals surface area contributed by atoms with Gasteiger partial charge in [0.25, 0.3) is 5.91 Å². The molecule has 0 spiro atoms. The number of nitrogens with zero attached hydrogens (tertiary/aromatic N) is 1. The third kappa shape index (κ3) is 4.31. The summed E-state index contributed by atoms with van der Waals surface area (Å²) in [5.74, 6) is 0.613. The molecule has 0 saturated heterocycles. The number of nitrogens with one attached hydrogen (secondary N) is 1. The second kappa shape index (κ2) is 7.43.